The molecule has 4 heteroatoms. The molecule has 0 N–H and O–H groups in total. The van der Waals surface area contributed by atoms with Gasteiger partial charge in [-0.15, -0.1) is 0 Å². The molecule has 2 aromatic heterocycles. The Labute approximate surface area is 131 Å². The van der Waals surface area contributed by atoms with Gasteiger partial charge in [0.1, 0.15) is 5.82 Å². The molecule has 0 atom stereocenters. The number of rotatable bonds is 5. The Kier molecular flexibility index (Phi) is 4.18. The van der Waals surface area contributed by atoms with Crippen LogP contribution < -0.4 is 0 Å². The Morgan fingerprint density at radius 3 is 2.55 bits per heavy atom. The Bertz CT molecular complexity index is 759. The van der Waals surface area contributed by atoms with E-state index in [1.54, 1.807) is 0 Å². The van der Waals surface area contributed by atoms with Crippen molar-refractivity contribution in [3.8, 4) is 5.69 Å². The van der Waals surface area contributed by atoms with Crippen LogP contribution in [0, 0.1) is 0 Å². The largest absolute Gasteiger partial charge is 0.237 e. The third kappa shape index (κ3) is 2.73. The quantitative estimate of drug-likeness (QED) is 0.705. The molecular weight excluding hydrogens is 272 g/mol. The van der Waals surface area contributed by atoms with Crippen molar-refractivity contribution in [2.75, 3.05) is 0 Å². The molecule has 0 saturated heterocycles. The molecule has 0 saturated carbocycles. The summed E-state index contributed by atoms with van der Waals surface area (Å²) in [6, 6.07) is 10.2. The van der Waals surface area contributed by atoms with E-state index in [2.05, 4.69) is 38.0 Å². The molecule has 114 valence electrons. The number of hydrogen-bond acceptors (Lipinski definition) is 3. The molecule has 0 aliphatic rings. The molecular formula is C18H22N4. The average molecular weight is 294 g/mol. The van der Waals surface area contributed by atoms with Gasteiger partial charge in [-0.25, -0.2) is 14.6 Å². The molecule has 1 aromatic carbocycles. The van der Waals surface area contributed by atoms with Crippen LogP contribution in [0.3, 0.4) is 0 Å². The summed E-state index contributed by atoms with van der Waals surface area (Å²) in [4.78, 5) is 9.55. The number of aromatic nitrogens is 4. The lowest BCUT2D eigenvalue weighted by atomic mass is 10.1. The lowest BCUT2D eigenvalue weighted by Gasteiger charge is -2.09. The van der Waals surface area contributed by atoms with Crippen LogP contribution in [0.25, 0.3) is 16.7 Å². The molecule has 0 unspecified atom stereocenters. The number of aryl methyl sites for hydroxylation is 1. The fraction of sp³-hybridized carbons (Fsp3) is 0.389. The lowest BCUT2D eigenvalue weighted by molar-refractivity contribution is 0.734. The Hall–Kier alpha value is -2.23. The zero-order valence-electron chi connectivity index (χ0n) is 13.5. The fourth-order valence-electron chi connectivity index (χ4n) is 2.54. The second-order valence-electron chi connectivity index (χ2n) is 5.92. The number of fused-ring (bicyclic) bond motifs is 1. The van der Waals surface area contributed by atoms with Crippen molar-refractivity contribution in [1.82, 2.24) is 19.7 Å². The van der Waals surface area contributed by atoms with Crippen molar-refractivity contribution in [1.29, 1.82) is 0 Å². The van der Waals surface area contributed by atoms with Gasteiger partial charge in [-0.1, -0.05) is 45.4 Å². The zero-order valence-corrected chi connectivity index (χ0v) is 13.5. The van der Waals surface area contributed by atoms with Crippen LogP contribution in [0.1, 0.15) is 51.0 Å². The van der Waals surface area contributed by atoms with Crippen molar-refractivity contribution in [3.63, 3.8) is 0 Å². The van der Waals surface area contributed by atoms with Gasteiger partial charge in [0.25, 0.3) is 0 Å². The molecule has 0 bridgehead atoms. The number of hydrogen-bond donors (Lipinski definition) is 0. The summed E-state index contributed by atoms with van der Waals surface area (Å²) in [5.41, 5.74) is 3.07. The van der Waals surface area contributed by atoms with E-state index in [0.717, 1.165) is 47.5 Å². The first-order valence-corrected chi connectivity index (χ1v) is 8.00. The van der Waals surface area contributed by atoms with Crippen LogP contribution in [0.15, 0.2) is 36.5 Å². The minimum Gasteiger partial charge on any atom is -0.237 e. The maximum Gasteiger partial charge on any atom is 0.166 e. The first kappa shape index (κ1) is 14.7. The molecule has 2 heterocycles. The number of benzene rings is 1. The van der Waals surface area contributed by atoms with E-state index >= 15 is 0 Å². The van der Waals surface area contributed by atoms with Crippen molar-refractivity contribution < 1.29 is 0 Å². The highest BCUT2D eigenvalue weighted by atomic mass is 15.3. The summed E-state index contributed by atoms with van der Waals surface area (Å²) in [7, 11) is 0. The Morgan fingerprint density at radius 2 is 1.86 bits per heavy atom. The lowest BCUT2D eigenvalue weighted by Crippen LogP contribution is -2.05. The highest BCUT2D eigenvalue weighted by Crippen LogP contribution is 2.23. The Morgan fingerprint density at radius 1 is 1.09 bits per heavy atom. The Balaban J connectivity index is 2.18. The van der Waals surface area contributed by atoms with E-state index in [4.69, 9.17) is 9.97 Å². The van der Waals surface area contributed by atoms with Gasteiger partial charge in [-0.2, -0.15) is 5.10 Å². The average Bonchev–Trinajstić information content (AvgIpc) is 2.97. The van der Waals surface area contributed by atoms with Crippen molar-refractivity contribution >= 4 is 11.0 Å². The predicted molar refractivity (Wildman–Crippen MR) is 89.4 cm³/mol. The van der Waals surface area contributed by atoms with Gasteiger partial charge in [0.2, 0.25) is 0 Å². The van der Waals surface area contributed by atoms with Gasteiger partial charge in [0, 0.05) is 5.92 Å². The van der Waals surface area contributed by atoms with E-state index in [0.29, 0.717) is 5.92 Å². The fourth-order valence-corrected chi connectivity index (χ4v) is 2.54. The second kappa shape index (κ2) is 6.26. The normalized spacial score (nSPS) is 11.5. The van der Waals surface area contributed by atoms with E-state index in [9.17, 15) is 0 Å². The predicted octanol–water partition coefficient (Wildman–Crippen LogP) is 4.28. The van der Waals surface area contributed by atoms with Crippen LogP contribution in [-0.4, -0.2) is 19.7 Å². The molecule has 3 aromatic rings. The third-order valence-corrected chi connectivity index (χ3v) is 3.81. The summed E-state index contributed by atoms with van der Waals surface area (Å²) in [5.74, 6) is 1.21. The van der Waals surface area contributed by atoms with E-state index in [1.807, 2.05) is 29.1 Å². The smallest absolute Gasteiger partial charge is 0.166 e. The summed E-state index contributed by atoms with van der Waals surface area (Å²) in [6.07, 6.45) is 5.18. The topological polar surface area (TPSA) is 43.6 Å². The standard InChI is InChI=1S/C18H22N4/c1-4-5-11-16-15-12-19-22(14-9-7-6-8-10-14)18(15)21-17(20-16)13(2)3/h6-10,12-13H,4-5,11H2,1-3H3. The van der Waals surface area contributed by atoms with Gasteiger partial charge in [0.15, 0.2) is 5.65 Å². The minimum atomic E-state index is 0.309. The molecule has 0 spiro atoms. The molecule has 0 fully saturated rings. The molecule has 3 rings (SSSR count). The van der Waals surface area contributed by atoms with Gasteiger partial charge in [-0.05, 0) is 25.0 Å². The minimum absolute atomic E-state index is 0.309. The molecule has 0 aliphatic carbocycles. The highest BCUT2D eigenvalue weighted by molar-refractivity contribution is 5.79. The maximum atomic E-state index is 4.78. The van der Waals surface area contributed by atoms with Gasteiger partial charge in [0.05, 0.1) is 23.0 Å². The van der Waals surface area contributed by atoms with Crippen molar-refractivity contribution in [3.05, 3.63) is 48.0 Å². The number of unbranched alkanes of at least 4 members (excludes halogenated alkanes) is 1. The first-order valence-electron chi connectivity index (χ1n) is 8.00. The molecule has 4 nitrogen and oxygen atoms in total. The molecule has 0 aliphatic heterocycles. The summed E-state index contributed by atoms with van der Waals surface area (Å²) >= 11 is 0. The number of para-hydroxylation sites is 1. The second-order valence-corrected chi connectivity index (χ2v) is 5.92. The molecule has 22 heavy (non-hydrogen) atoms. The van der Waals surface area contributed by atoms with E-state index < -0.39 is 0 Å². The summed E-state index contributed by atoms with van der Waals surface area (Å²) in [5, 5.41) is 5.62. The summed E-state index contributed by atoms with van der Waals surface area (Å²) in [6.45, 7) is 6.47. The van der Waals surface area contributed by atoms with E-state index in [-0.39, 0.29) is 0 Å². The number of nitrogens with zero attached hydrogens (tertiary/aromatic N) is 4. The zero-order chi connectivity index (χ0) is 15.5. The maximum absolute atomic E-state index is 4.78. The van der Waals surface area contributed by atoms with E-state index in [1.165, 1.54) is 0 Å². The van der Waals surface area contributed by atoms with Gasteiger partial charge < -0.3 is 0 Å². The van der Waals surface area contributed by atoms with Crippen molar-refractivity contribution in [2.45, 2.75) is 46.0 Å². The summed E-state index contributed by atoms with van der Waals surface area (Å²) < 4.78 is 1.92. The van der Waals surface area contributed by atoms with Crippen LogP contribution in [0.4, 0.5) is 0 Å². The van der Waals surface area contributed by atoms with Crippen LogP contribution in [-0.2, 0) is 6.42 Å². The van der Waals surface area contributed by atoms with Crippen molar-refractivity contribution in [2.24, 2.45) is 0 Å². The van der Waals surface area contributed by atoms with Crippen LogP contribution >= 0.6 is 0 Å². The monoisotopic (exact) mass is 294 g/mol. The SMILES string of the molecule is CCCCc1nc(C(C)C)nc2c1cnn2-c1ccccc1. The van der Waals surface area contributed by atoms with Crippen LogP contribution in [0.5, 0.6) is 0 Å². The molecule has 0 amide bonds. The first-order chi connectivity index (χ1) is 10.7. The van der Waals surface area contributed by atoms with Crippen LogP contribution in [0.2, 0.25) is 0 Å². The molecule has 0 radical (unpaired) electrons. The highest BCUT2D eigenvalue weighted by Gasteiger charge is 2.15. The third-order valence-electron chi connectivity index (χ3n) is 3.81. The van der Waals surface area contributed by atoms with Gasteiger partial charge >= 0.3 is 0 Å². The van der Waals surface area contributed by atoms with Gasteiger partial charge in [-0.3, -0.25) is 0 Å².